The summed E-state index contributed by atoms with van der Waals surface area (Å²) in [6.45, 7) is 5.94. The predicted octanol–water partition coefficient (Wildman–Crippen LogP) is 0.993. The van der Waals surface area contributed by atoms with Crippen molar-refractivity contribution in [3.05, 3.63) is 46.0 Å². The summed E-state index contributed by atoms with van der Waals surface area (Å²) in [4.78, 5) is 33.2. The molecule has 1 N–H and O–H groups in total. The topological polar surface area (TPSA) is 70.0 Å². The Hall–Kier alpha value is -2.41. The Kier molecular flexibility index (Phi) is 4.17. The summed E-state index contributed by atoms with van der Waals surface area (Å²) in [5, 5.41) is 2.88. The molecule has 2 fully saturated rings. The Morgan fingerprint density at radius 3 is 3.00 bits per heavy atom. The number of aryl methyl sites for hydroxylation is 1. The highest BCUT2D eigenvalue weighted by Crippen LogP contribution is 2.19. The molecule has 0 spiro atoms. The Bertz CT molecular complexity index is 862. The van der Waals surface area contributed by atoms with Crippen LogP contribution in [0.3, 0.4) is 0 Å². The standard InChI is InChI=1S/C18H23N5O2/c1-13-4-2-8-23-16(24)10-14(20-17(13)23)11-21-7-3-5-15(12-21)22-9-6-19-18(22)25/h2,4,8,10,15H,3,5-7,9,11-12H2,1H3,(H,19,25). The summed E-state index contributed by atoms with van der Waals surface area (Å²) >= 11 is 0. The smallest absolute Gasteiger partial charge is 0.317 e. The summed E-state index contributed by atoms with van der Waals surface area (Å²) in [5.74, 6) is 0. The Morgan fingerprint density at radius 2 is 2.20 bits per heavy atom. The maximum atomic E-state index is 12.4. The highest BCUT2D eigenvalue weighted by molar-refractivity contribution is 5.76. The first-order valence-electron chi connectivity index (χ1n) is 8.86. The number of fused-ring (bicyclic) bond motifs is 1. The van der Waals surface area contributed by atoms with Gasteiger partial charge in [-0.25, -0.2) is 9.78 Å². The van der Waals surface area contributed by atoms with Crippen LogP contribution in [-0.2, 0) is 6.54 Å². The number of nitrogens with zero attached hydrogens (tertiary/aromatic N) is 4. The van der Waals surface area contributed by atoms with Gasteiger partial charge in [-0.15, -0.1) is 0 Å². The largest absolute Gasteiger partial charge is 0.336 e. The number of carbonyl (C=O) groups excluding carboxylic acids is 1. The first-order chi connectivity index (χ1) is 12.1. The van der Waals surface area contributed by atoms with Gasteiger partial charge in [0.15, 0.2) is 0 Å². The number of rotatable bonds is 3. The third-order valence-electron chi connectivity index (χ3n) is 5.14. The number of pyridine rings is 1. The highest BCUT2D eigenvalue weighted by atomic mass is 16.2. The number of amides is 2. The van der Waals surface area contributed by atoms with Crippen LogP contribution in [0, 0.1) is 6.92 Å². The average Bonchev–Trinajstić information content (AvgIpc) is 3.02. The quantitative estimate of drug-likeness (QED) is 0.904. The van der Waals surface area contributed by atoms with E-state index in [2.05, 4.69) is 10.2 Å². The van der Waals surface area contributed by atoms with Crippen LogP contribution in [0.2, 0.25) is 0 Å². The van der Waals surface area contributed by atoms with Gasteiger partial charge in [0.2, 0.25) is 0 Å². The summed E-state index contributed by atoms with van der Waals surface area (Å²) in [6, 6.07) is 5.75. The van der Waals surface area contributed by atoms with Crippen molar-refractivity contribution in [2.75, 3.05) is 26.2 Å². The van der Waals surface area contributed by atoms with E-state index in [0.29, 0.717) is 6.54 Å². The molecule has 2 saturated heterocycles. The van der Waals surface area contributed by atoms with Gasteiger partial charge in [0.05, 0.1) is 5.69 Å². The summed E-state index contributed by atoms with van der Waals surface area (Å²) in [7, 11) is 0. The van der Waals surface area contributed by atoms with Crippen molar-refractivity contribution in [3.8, 4) is 0 Å². The fourth-order valence-electron chi connectivity index (χ4n) is 3.88. The molecule has 132 valence electrons. The van der Waals surface area contributed by atoms with E-state index in [1.54, 1.807) is 16.7 Å². The van der Waals surface area contributed by atoms with Gasteiger partial charge in [-0.2, -0.15) is 0 Å². The van der Waals surface area contributed by atoms with E-state index in [1.807, 2.05) is 24.0 Å². The maximum Gasteiger partial charge on any atom is 0.317 e. The van der Waals surface area contributed by atoms with Crippen molar-refractivity contribution in [2.24, 2.45) is 0 Å². The minimum atomic E-state index is -0.0452. The molecule has 4 rings (SSSR count). The van der Waals surface area contributed by atoms with Gasteiger partial charge in [0.1, 0.15) is 5.65 Å². The average molecular weight is 341 g/mol. The molecule has 2 aliphatic rings. The zero-order chi connectivity index (χ0) is 17.4. The van der Waals surface area contributed by atoms with Crippen LogP contribution in [0.4, 0.5) is 4.79 Å². The number of urea groups is 1. The molecule has 7 nitrogen and oxygen atoms in total. The van der Waals surface area contributed by atoms with E-state index in [-0.39, 0.29) is 17.6 Å². The van der Waals surface area contributed by atoms with Gasteiger partial charge in [-0.05, 0) is 37.9 Å². The van der Waals surface area contributed by atoms with Gasteiger partial charge in [-0.1, -0.05) is 6.07 Å². The molecular formula is C18H23N5O2. The van der Waals surface area contributed by atoms with E-state index in [0.717, 1.165) is 55.9 Å². The second kappa shape index (κ2) is 6.48. The number of hydrogen-bond acceptors (Lipinski definition) is 4. The first-order valence-corrected chi connectivity index (χ1v) is 8.86. The number of carbonyl (C=O) groups is 1. The SMILES string of the molecule is Cc1cccn2c(=O)cc(CN3CCCC(N4CCNC4=O)C3)nc12. The van der Waals surface area contributed by atoms with E-state index in [4.69, 9.17) is 4.98 Å². The highest BCUT2D eigenvalue weighted by Gasteiger charge is 2.31. The molecule has 25 heavy (non-hydrogen) atoms. The molecule has 2 aliphatic heterocycles. The Labute approximate surface area is 146 Å². The zero-order valence-electron chi connectivity index (χ0n) is 14.4. The normalized spacial score (nSPS) is 21.7. The molecule has 1 unspecified atom stereocenters. The third-order valence-corrected chi connectivity index (χ3v) is 5.14. The van der Waals surface area contributed by atoms with Crippen molar-refractivity contribution < 1.29 is 4.79 Å². The first kappa shape index (κ1) is 16.1. The summed E-state index contributed by atoms with van der Waals surface area (Å²) in [5.41, 5.74) is 2.46. The second-order valence-corrected chi connectivity index (χ2v) is 6.93. The molecule has 0 aliphatic carbocycles. The fourth-order valence-corrected chi connectivity index (χ4v) is 3.88. The molecule has 2 amide bonds. The lowest BCUT2D eigenvalue weighted by atomic mass is 10.0. The number of likely N-dealkylation sites (tertiary alicyclic amines) is 1. The number of piperidine rings is 1. The van der Waals surface area contributed by atoms with E-state index >= 15 is 0 Å². The number of hydrogen-bond donors (Lipinski definition) is 1. The van der Waals surface area contributed by atoms with Crippen LogP contribution in [0.15, 0.2) is 29.2 Å². The minimum Gasteiger partial charge on any atom is -0.336 e. The monoisotopic (exact) mass is 341 g/mol. The lowest BCUT2D eigenvalue weighted by Crippen LogP contribution is -2.48. The lowest BCUT2D eigenvalue weighted by molar-refractivity contribution is 0.121. The van der Waals surface area contributed by atoms with Gasteiger partial charge in [0.25, 0.3) is 5.56 Å². The molecule has 0 saturated carbocycles. The molecule has 0 aromatic carbocycles. The lowest BCUT2D eigenvalue weighted by Gasteiger charge is -2.36. The predicted molar refractivity (Wildman–Crippen MR) is 94.6 cm³/mol. The fraction of sp³-hybridized carbons (Fsp3) is 0.500. The Morgan fingerprint density at radius 1 is 1.32 bits per heavy atom. The second-order valence-electron chi connectivity index (χ2n) is 6.93. The van der Waals surface area contributed by atoms with Crippen LogP contribution >= 0.6 is 0 Å². The number of aromatic nitrogens is 2. The van der Waals surface area contributed by atoms with Crippen LogP contribution in [0.25, 0.3) is 5.65 Å². The summed E-state index contributed by atoms with van der Waals surface area (Å²) < 4.78 is 1.59. The van der Waals surface area contributed by atoms with E-state index < -0.39 is 0 Å². The number of nitrogens with one attached hydrogen (secondary N) is 1. The van der Waals surface area contributed by atoms with E-state index in [1.165, 1.54) is 0 Å². The molecule has 2 aromatic heterocycles. The molecule has 0 radical (unpaired) electrons. The van der Waals surface area contributed by atoms with Crippen molar-refractivity contribution >= 4 is 11.7 Å². The van der Waals surface area contributed by atoms with Crippen LogP contribution in [-0.4, -0.2) is 57.4 Å². The van der Waals surface area contributed by atoms with Crippen LogP contribution < -0.4 is 10.9 Å². The molecule has 1 atom stereocenters. The zero-order valence-corrected chi connectivity index (χ0v) is 14.4. The van der Waals surface area contributed by atoms with Gasteiger partial charge in [-0.3, -0.25) is 14.1 Å². The van der Waals surface area contributed by atoms with Crippen molar-refractivity contribution in [1.82, 2.24) is 24.5 Å². The van der Waals surface area contributed by atoms with E-state index in [9.17, 15) is 9.59 Å². The molecule has 7 heteroatoms. The third kappa shape index (κ3) is 3.11. The van der Waals surface area contributed by atoms with Crippen LogP contribution in [0.5, 0.6) is 0 Å². The molecule has 0 bridgehead atoms. The molecule has 2 aromatic rings. The molecule has 4 heterocycles. The molecular weight excluding hydrogens is 318 g/mol. The van der Waals surface area contributed by atoms with Crippen LogP contribution in [0.1, 0.15) is 24.1 Å². The van der Waals surface area contributed by atoms with Crippen molar-refractivity contribution in [1.29, 1.82) is 0 Å². The summed E-state index contributed by atoms with van der Waals surface area (Å²) in [6.07, 6.45) is 3.85. The minimum absolute atomic E-state index is 0.0452. The Balaban J connectivity index is 1.53. The maximum absolute atomic E-state index is 12.4. The van der Waals surface area contributed by atoms with Gasteiger partial charge in [0, 0.05) is 44.5 Å². The van der Waals surface area contributed by atoms with Crippen molar-refractivity contribution in [2.45, 2.75) is 32.4 Å². The van der Waals surface area contributed by atoms with Gasteiger partial charge >= 0.3 is 6.03 Å². The van der Waals surface area contributed by atoms with Gasteiger partial charge < -0.3 is 10.2 Å². The van der Waals surface area contributed by atoms with Crippen molar-refractivity contribution in [3.63, 3.8) is 0 Å².